The maximum Gasteiger partial charge on any atom is 0.435 e. The van der Waals surface area contributed by atoms with Crippen molar-refractivity contribution < 1.29 is 31.8 Å². The fraction of sp³-hybridized carbons (Fsp3) is 0.250. The Kier molecular flexibility index (Phi) is 6.98. The number of benzene rings is 2. The van der Waals surface area contributed by atoms with Crippen LogP contribution in [0.25, 0.3) is 16.8 Å². The molecule has 2 aromatic heterocycles. The first-order valence-electron chi connectivity index (χ1n) is 12.2. The number of likely N-dealkylation sites (tertiary alicyclic amines) is 1. The summed E-state index contributed by atoms with van der Waals surface area (Å²) in [6.45, 7) is 4.01. The van der Waals surface area contributed by atoms with Crippen LogP contribution in [0.3, 0.4) is 0 Å². The van der Waals surface area contributed by atoms with E-state index in [-0.39, 0.29) is 34.4 Å². The van der Waals surface area contributed by atoms with Gasteiger partial charge in [-0.3, -0.25) is 9.20 Å². The number of halogens is 4. The Balaban J connectivity index is 1.60. The first-order valence-corrected chi connectivity index (χ1v) is 12.2. The summed E-state index contributed by atoms with van der Waals surface area (Å²) in [5, 5.41) is 0. The Morgan fingerprint density at radius 2 is 1.87 bits per heavy atom. The zero-order chi connectivity index (χ0) is 27.7. The number of aromatic nitrogens is 3. The van der Waals surface area contributed by atoms with Gasteiger partial charge in [0.05, 0.1) is 18.8 Å². The number of imidazole rings is 1. The van der Waals surface area contributed by atoms with Crippen LogP contribution >= 0.6 is 0 Å². The van der Waals surface area contributed by atoms with Gasteiger partial charge in [0.25, 0.3) is 0 Å². The number of amides is 1. The van der Waals surface area contributed by atoms with E-state index in [9.17, 15) is 22.4 Å². The fourth-order valence-corrected chi connectivity index (χ4v) is 4.82. The highest BCUT2D eigenvalue weighted by Crippen LogP contribution is 2.40. The number of fused-ring (bicyclic) bond motifs is 1. The van der Waals surface area contributed by atoms with Gasteiger partial charge in [0.2, 0.25) is 11.7 Å². The van der Waals surface area contributed by atoms with Crippen molar-refractivity contribution in [3.63, 3.8) is 0 Å². The van der Waals surface area contributed by atoms with E-state index in [1.54, 1.807) is 23.1 Å². The highest BCUT2D eigenvalue weighted by molar-refractivity contribution is 5.87. The third-order valence-electron chi connectivity index (χ3n) is 6.61. The van der Waals surface area contributed by atoms with E-state index >= 15 is 0 Å². The van der Waals surface area contributed by atoms with E-state index < -0.39 is 23.7 Å². The molecule has 0 saturated carbocycles. The number of methoxy groups -OCH3 is 1. The molecule has 0 radical (unpaired) electrons. The van der Waals surface area contributed by atoms with Crippen molar-refractivity contribution in [3.05, 3.63) is 84.8 Å². The van der Waals surface area contributed by atoms with E-state index in [1.165, 1.54) is 48.0 Å². The van der Waals surface area contributed by atoms with Crippen LogP contribution in [0.4, 0.5) is 17.6 Å². The average Bonchev–Trinajstić information content (AvgIpc) is 3.33. The zero-order valence-corrected chi connectivity index (χ0v) is 20.9. The number of hydrogen-bond donors (Lipinski definition) is 0. The summed E-state index contributed by atoms with van der Waals surface area (Å²) in [6.07, 6.45) is 1.06. The monoisotopic (exact) mass is 540 g/mol. The number of piperidine rings is 1. The Morgan fingerprint density at radius 1 is 1.13 bits per heavy atom. The topological polar surface area (TPSA) is 69.0 Å². The van der Waals surface area contributed by atoms with Crippen LogP contribution < -0.4 is 9.47 Å². The van der Waals surface area contributed by atoms with E-state index in [0.29, 0.717) is 24.4 Å². The summed E-state index contributed by atoms with van der Waals surface area (Å²) in [4.78, 5) is 22.4. The molecular weight excluding hydrogens is 516 g/mol. The molecule has 3 heterocycles. The molecule has 4 aromatic rings. The molecule has 7 nitrogen and oxygen atoms in total. The number of ether oxygens (including phenoxy) is 2. The molecular formula is C28H24F4N4O3. The van der Waals surface area contributed by atoms with Gasteiger partial charge >= 0.3 is 6.18 Å². The van der Waals surface area contributed by atoms with Gasteiger partial charge in [0, 0.05) is 24.5 Å². The van der Waals surface area contributed by atoms with Gasteiger partial charge in [-0.1, -0.05) is 12.6 Å². The molecule has 202 valence electrons. The molecule has 1 atom stereocenters. The van der Waals surface area contributed by atoms with Crippen LogP contribution in [-0.2, 0) is 11.0 Å². The zero-order valence-electron chi connectivity index (χ0n) is 20.9. The second-order valence-corrected chi connectivity index (χ2v) is 8.96. The minimum Gasteiger partial charge on any atom is -0.494 e. The highest BCUT2D eigenvalue weighted by atomic mass is 19.4. The number of nitrogens with zero attached hydrogens (tertiary/aromatic N) is 4. The lowest BCUT2D eigenvalue weighted by Crippen LogP contribution is -2.38. The van der Waals surface area contributed by atoms with Crippen LogP contribution in [0.5, 0.6) is 17.2 Å². The third-order valence-corrected chi connectivity index (χ3v) is 6.61. The molecule has 2 aromatic carbocycles. The Hall–Kier alpha value is -4.41. The van der Waals surface area contributed by atoms with Crippen LogP contribution in [0.1, 0.15) is 36.8 Å². The molecule has 0 bridgehead atoms. The van der Waals surface area contributed by atoms with Crippen molar-refractivity contribution in [3.8, 4) is 28.5 Å². The largest absolute Gasteiger partial charge is 0.494 e. The Labute approximate surface area is 221 Å². The minimum absolute atomic E-state index is 0.0139. The molecule has 0 unspecified atom stereocenters. The lowest BCUT2D eigenvalue weighted by molar-refractivity contribution is -0.140. The molecule has 0 N–H and O–H groups in total. The van der Waals surface area contributed by atoms with Gasteiger partial charge in [0.1, 0.15) is 17.1 Å². The van der Waals surface area contributed by atoms with E-state index in [2.05, 4.69) is 16.5 Å². The van der Waals surface area contributed by atoms with Crippen LogP contribution in [-0.4, -0.2) is 38.8 Å². The van der Waals surface area contributed by atoms with Crippen LogP contribution in [0.15, 0.2) is 67.5 Å². The quantitative estimate of drug-likeness (QED) is 0.204. The molecule has 39 heavy (non-hydrogen) atoms. The van der Waals surface area contributed by atoms with E-state index in [4.69, 9.17) is 9.47 Å². The standard InChI is InChI=1S/C28H24F4N4O3/c1-3-22(37)35-15-5-4-7-19(35)27-34-24(25-26(28(30,31)32)33-14-16-36(25)27)17-10-12-18(13-11-17)39-21-9-6-8-20(38-2)23(21)29/h3,6,8-14,16,19H,1,4-5,7,15H2,2H3/t19-/m0/s1. The van der Waals surface area contributed by atoms with Crippen molar-refractivity contribution in [2.45, 2.75) is 31.5 Å². The highest BCUT2D eigenvalue weighted by Gasteiger charge is 2.39. The van der Waals surface area contributed by atoms with Gasteiger partial charge in [-0.2, -0.15) is 17.6 Å². The molecule has 1 fully saturated rings. The number of alkyl halides is 3. The maximum atomic E-state index is 14.5. The van der Waals surface area contributed by atoms with Crippen LogP contribution in [0.2, 0.25) is 0 Å². The summed E-state index contributed by atoms with van der Waals surface area (Å²) >= 11 is 0. The van der Waals surface area contributed by atoms with Crippen molar-refractivity contribution in [1.82, 2.24) is 19.3 Å². The predicted molar refractivity (Wildman–Crippen MR) is 135 cm³/mol. The summed E-state index contributed by atoms with van der Waals surface area (Å²) in [7, 11) is 1.34. The molecule has 1 aliphatic heterocycles. The normalized spacial score (nSPS) is 15.8. The van der Waals surface area contributed by atoms with Crippen LogP contribution in [0, 0.1) is 5.82 Å². The second-order valence-electron chi connectivity index (χ2n) is 8.96. The number of carbonyl (C=O) groups excluding carboxylic acids is 1. The molecule has 1 saturated heterocycles. The molecule has 0 aliphatic carbocycles. The van der Waals surface area contributed by atoms with Gasteiger partial charge in [-0.25, -0.2) is 9.97 Å². The molecule has 5 rings (SSSR count). The molecule has 0 spiro atoms. The molecule has 1 aliphatic rings. The number of hydrogen-bond acceptors (Lipinski definition) is 5. The van der Waals surface area contributed by atoms with Gasteiger partial charge in [-0.15, -0.1) is 0 Å². The van der Waals surface area contributed by atoms with Gasteiger partial charge < -0.3 is 14.4 Å². The van der Waals surface area contributed by atoms with E-state index in [0.717, 1.165) is 19.0 Å². The lowest BCUT2D eigenvalue weighted by atomic mass is 10.0. The summed E-state index contributed by atoms with van der Waals surface area (Å²) < 4.78 is 68.7. The predicted octanol–water partition coefficient (Wildman–Crippen LogP) is 6.59. The van der Waals surface area contributed by atoms with Crippen molar-refractivity contribution in [1.29, 1.82) is 0 Å². The molecule has 1 amide bonds. The summed E-state index contributed by atoms with van der Waals surface area (Å²) in [5.41, 5.74) is -0.881. The Morgan fingerprint density at radius 3 is 2.56 bits per heavy atom. The first kappa shape index (κ1) is 26.2. The fourth-order valence-electron chi connectivity index (χ4n) is 4.82. The number of carbonyl (C=O) groups is 1. The maximum absolute atomic E-state index is 14.5. The average molecular weight is 541 g/mol. The smallest absolute Gasteiger partial charge is 0.435 e. The summed E-state index contributed by atoms with van der Waals surface area (Å²) in [6, 6.07) is 10.0. The summed E-state index contributed by atoms with van der Waals surface area (Å²) in [5.74, 6) is -0.472. The van der Waals surface area contributed by atoms with E-state index in [1.807, 2.05) is 0 Å². The second kappa shape index (κ2) is 10.4. The Bertz CT molecular complexity index is 1530. The lowest BCUT2D eigenvalue weighted by Gasteiger charge is -2.34. The van der Waals surface area contributed by atoms with Crippen molar-refractivity contribution in [2.24, 2.45) is 0 Å². The first-order chi connectivity index (χ1) is 18.7. The van der Waals surface area contributed by atoms with Gasteiger partial charge in [0.15, 0.2) is 17.2 Å². The molecule has 11 heteroatoms. The SMILES string of the molecule is C=CC(=O)N1CCCC[C@H]1c1nc(-c2ccc(Oc3cccc(OC)c3F)cc2)c2c(C(F)(F)F)nccn12. The minimum atomic E-state index is -4.75. The van der Waals surface area contributed by atoms with Crippen molar-refractivity contribution in [2.75, 3.05) is 13.7 Å². The van der Waals surface area contributed by atoms with Crippen molar-refractivity contribution >= 4 is 11.4 Å². The third kappa shape index (κ3) is 4.91. The number of rotatable bonds is 6. The van der Waals surface area contributed by atoms with Gasteiger partial charge in [-0.05, 0) is 61.7 Å².